The zero-order valence-corrected chi connectivity index (χ0v) is 19.1. The maximum atomic E-state index is 12.4. The van der Waals surface area contributed by atoms with Gasteiger partial charge in [-0.05, 0) is 76.9 Å². The summed E-state index contributed by atoms with van der Waals surface area (Å²) in [6.07, 6.45) is 1.47. The van der Waals surface area contributed by atoms with Gasteiger partial charge in [0.15, 0.2) is 11.5 Å². The van der Waals surface area contributed by atoms with E-state index in [1.54, 1.807) is 67.8 Å². The number of hydrogen-bond acceptors (Lipinski definition) is 6. The van der Waals surface area contributed by atoms with Gasteiger partial charge in [-0.1, -0.05) is 18.2 Å². The number of rotatable bonds is 8. The van der Waals surface area contributed by atoms with Crippen LogP contribution < -0.4 is 19.6 Å². The van der Waals surface area contributed by atoms with Gasteiger partial charge < -0.3 is 14.2 Å². The number of benzene rings is 3. The fourth-order valence-electron chi connectivity index (χ4n) is 2.72. The normalized spacial score (nSPS) is 10.6. The Balaban J connectivity index is 1.74. The van der Waals surface area contributed by atoms with Gasteiger partial charge in [0.2, 0.25) is 0 Å². The molecule has 0 aliphatic carbocycles. The average molecular weight is 497 g/mol. The first-order valence-electron chi connectivity index (χ1n) is 9.72. The van der Waals surface area contributed by atoms with Gasteiger partial charge in [-0.25, -0.2) is 10.2 Å². The molecule has 0 spiro atoms. The van der Waals surface area contributed by atoms with E-state index in [1.807, 2.05) is 13.0 Å². The number of amides is 1. The highest BCUT2D eigenvalue weighted by Gasteiger charge is 2.17. The summed E-state index contributed by atoms with van der Waals surface area (Å²) >= 11 is 3.42. The molecule has 0 aromatic heterocycles. The number of carbonyl (C=O) groups excluding carboxylic acids is 2. The second-order valence-electron chi connectivity index (χ2n) is 6.45. The average Bonchev–Trinajstić information content (AvgIpc) is 2.82. The lowest BCUT2D eigenvalue weighted by Crippen LogP contribution is -2.17. The Kier molecular flexibility index (Phi) is 7.99. The van der Waals surface area contributed by atoms with Gasteiger partial charge in [-0.2, -0.15) is 5.10 Å². The Hall–Kier alpha value is -3.65. The molecule has 164 valence electrons. The molecule has 0 bridgehead atoms. The van der Waals surface area contributed by atoms with Crippen LogP contribution in [0.5, 0.6) is 17.2 Å². The zero-order chi connectivity index (χ0) is 22.9. The number of methoxy groups -OCH3 is 1. The first-order chi connectivity index (χ1) is 15.5. The number of hydrogen-bond donors (Lipinski definition) is 1. The van der Waals surface area contributed by atoms with Crippen LogP contribution >= 0.6 is 15.9 Å². The van der Waals surface area contributed by atoms with Crippen molar-refractivity contribution < 1.29 is 23.8 Å². The quantitative estimate of drug-likeness (QED) is 0.208. The SMILES string of the molecule is CCOc1cc(/C=N\NC(=O)c2ccc(OC)cc2)cc(Br)c1OC(=O)c1ccccc1. The van der Waals surface area contributed by atoms with E-state index in [4.69, 9.17) is 14.2 Å². The van der Waals surface area contributed by atoms with E-state index in [2.05, 4.69) is 26.5 Å². The summed E-state index contributed by atoms with van der Waals surface area (Å²) < 4.78 is 16.8. The van der Waals surface area contributed by atoms with E-state index in [1.165, 1.54) is 6.21 Å². The van der Waals surface area contributed by atoms with E-state index in [9.17, 15) is 9.59 Å². The summed E-state index contributed by atoms with van der Waals surface area (Å²) in [6.45, 7) is 2.20. The molecule has 0 heterocycles. The van der Waals surface area contributed by atoms with E-state index in [0.717, 1.165) is 0 Å². The van der Waals surface area contributed by atoms with Crippen LogP contribution in [0.25, 0.3) is 0 Å². The molecule has 3 rings (SSSR count). The lowest BCUT2D eigenvalue weighted by molar-refractivity contribution is 0.0726. The Labute approximate surface area is 194 Å². The van der Waals surface area contributed by atoms with Crippen molar-refractivity contribution in [2.45, 2.75) is 6.92 Å². The van der Waals surface area contributed by atoms with Crippen molar-refractivity contribution in [3.63, 3.8) is 0 Å². The molecule has 0 unspecified atom stereocenters. The largest absolute Gasteiger partial charge is 0.497 e. The van der Waals surface area contributed by atoms with Crippen LogP contribution in [-0.4, -0.2) is 31.8 Å². The van der Waals surface area contributed by atoms with Crippen LogP contribution in [0.3, 0.4) is 0 Å². The Morgan fingerprint density at radius 1 is 1.03 bits per heavy atom. The van der Waals surface area contributed by atoms with Crippen LogP contribution in [0.2, 0.25) is 0 Å². The van der Waals surface area contributed by atoms with Crippen molar-refractivity contribution in [1.82, 2.24) is 5.43 Å². The molecule has 0 atom stereocenters. The molecule has 3 aromatic rings. The number of hydrazone groups is 1. The fraction of sp³-hybridized carbons (Fsp3) is 0.125. The highest BCUT2D eigenvalue weighted by atomic mass is 79.9. The van der Waals surface area contributed by atoms with Crippen LogP contribution in [0, 0.1) is 0 Å². The summed E-state index contributed by atoms with van der Waals surface area (Å²) in [5, 5.41) is 4.00. The third-order valence-electron chi connectivity index (χ3n) is 4.27. The fourth-order valence-corrected chi connectivity index (χ4v) is 3.26. The summed E-state index contributed by atoms with van der Waals surface area (Å²) in [5.41, 5.74) is 3.98. The smallest absolute Gasteiger partial charge is 0.343 e. The molecule has 0 aliphatic rings. The molecule has 8 heteroatoms. The summed E-state index contributed by atoms with van der Waals surface area (Å²) in [7, 11) is 1.56. The van der Waals surface area contributed by atoms with Crippen LogP contribution in [0.1, 0.15) is 33.2 Å². The van der Waals surface area contributed by atoms with E-state index >= 15 is 0 Å². The second kappa shape index (κ2) is 11.1. The molecule has 0 saturated heterocycles. The van der Waals surface area contributed by atoms with Gasteiger partial charge in [0, 0.05) is 5.56 Å². The second-order valence-corrected chi connectivity index (χ2v) is 7.30. The standard InChI is InChI=1S/C24H21BrN2O5/c1-3-31-21-14-16(15-26-27-23(28)17-9-11-19(30-2)12-10-17)13-20(25)22(21)32-24(29)18-7-5-4-6-8-18/h4-15H,3H2,1-2H3,(H,27,28)/b26-15-. The lowest BCUT2D eigenvalue weighted by Gasteiger charge is -2.13. The Bertz CT molecular complexity index is 1120. The predicted molar refractivity (Wildman–Crippen MR) is 125 cm³/mol. The van der Waals surface area contributed by atoms with Crippen molar-refractivity contribution >= 4 is 34.0 Å². The highest BCUT2D eigenvalue weighted by molar-refractivity contribution is 9.10. The number of esters is 1. The number of ether oxygens (including phenoxy) is 3. The van der Waals surface area contributed by atoms with Crippen molar-refractivity contribution in [2.75, 3.05) is 13.7 Å². The van der Waals surface area contributed by atoms with Crippen molar-refractivity contribution in [2.24, 2.45) is 5.10 Å². The van der Waals surface area contributed by atoms with Gasteiger partial charge in [0.1, 0.15) is 5.75 Å². The van der Waals surface area contributed by atoms with Gasteiger partial charge >= 0.3 is 5.97 Å². The monoisotopic (exact) mass is 496 g/mol. The van der Waals surface area contributed by atoms with Crippen molar-refractivity contribution in [3.05, 3.63) is 87.9 Å². The molecule has 0 fully saturated rings. The van der Waals surface area contributed by atoms with Gasteiger partial charge in [-0.3, -0.25) is 4.79 Å². The topological polar surface area (TPSA) is 86.2 Å². The molecule has 1 amide bonds. The Morgan fingerprint density at radius 3 is 2.41 bits per heavy atom. The molecule has 7 nitrogen and oxygen atoms in total. The highest BCUT2D eigenvalue weighted by Crippen LogP contribution is 2.37. The van der Waals surface area contributed by atoms with Crippen molar-refractivity contribution in [1.29, 1.82) is 0 Å². The third kappa shape index (κ3) is 5.95. The minimum Gasteiger partial charge on any atom is -0.497 e. The van der Waals surface area contributed by atoms with Crippen LogP contribution in [-0.2, 0) is 0 Å². The minimum absolute atomic E-state index is 0.264. The van der Waals surface area contributed by atoms with Crippen LogP contribution in [0.4, 0.5) is 0 Å². The van der Waals surface area contributed by atoms with E-state index in [0.29, 0.717) is 39.3 Å². The molecule has 32 heavy (non-hydrogen) atoms. The first kappa shape index (κ1) is 23.0. The number of carbonyl (C=O) groups is 2. The molecule has 0 saturated carbocycles. The molecule has 3 aromatic carbocycles. The van der Waals surface area contributed by atoms with Gasteiger partial charge in [0.25, 0.3) is 5.91 Å². The Morgan fingerprint density at radius 2 is 1.75 bits per heavy atom. The minimum atomic E-state index is -0.500. The lowest BCUT2D eigenvalue weighted by atomic mass is 10.2. The molecule has 1 N–H and O–H groups in total. The summed E-state index contributed by atoms with van der Waals surface area (Å²) in [4.78, 5) is 24.7. The van der Waals surface area contributed by atoms with Crippen molar-refractivity contribution in [3.8, 4) is 17.2 Å². The summed E-state index contributed by atoms with van der Waals surface area (Å²) in [5.74, 6) is 0.433. The molecule has 0 radical (unpaired) electrons. The zero-order valence-electron chi connectivity index (χ0n) is 17.5. The first-order valence-corrected chi connectivity index (χ1v) is 10.5. The number of halogens is 1. The predicted octanol–water partition coefficient (Wildman–Crippen LogP) is 4.84. The number of nitrogens with one attached hydrogen (secondary N) is 1. The van der Waals surface area contributed by atoms with Gasteiger partial charge in [-0.15, -0.1) is 0 Å². The molecular weight excluding hydrogens is 476 g/mol. The number of nitrogens with zero attached hydrogens (tertiary/aromatic N) is 1. The van der Waals surface area contributed by atoms with E-state index in [-0.39, 0.29) is 11.7 Å². The van der Waals surface area contributed by atoms with Crippen LogP contribution in [0.15, 0.2) is 76.3 Å². The maximum absolute atomic E-state index is 12.4. The van der Waals surface area contributed by atoms with Gasteiger partial charge in [0.05, 0.1) is 30.0 Å². The third-order valence-corrected chi connectivity index (χ3v) is 4.86. The van der Waals surface area contributed by atoms with E-state index < -0.39 is 5.97 Å². The molecule has 0 aliphatic heterocycles. The molecular formula is C24H21BrN2O5. The maximum Gasteiger partial charge on any atom is 0.343 e. The summed E-state index contributed by atoms with van der Waals surface area (Å²) in [6, 6.07) is 18.7.